The van der Waals surface area contributed by atoms with E-state index in [0.717, 1.165) is 18.8 Å². The number of anilines is 2. The molecule has 4 nitrogen and oxygen atoms in total. The van der Waals surface area contributed by atoms with Gasteiger partial charge in [0.1, 0.15) is 0 Å². The first-order valence-electron chi connectivity index (χ1n) is 8.10. The molecule has 1 N–H and O–H groups in total. The van der Waals surface area contributed by atoms with E-state index in [-0.39, 0.29) is 25.0 Å². The van der Waals surface area contributed by atoms with Crippen molar-refractivity contribution in [3.05, 3.63) is 24.3 Å². The van der Waals surface area contributed by atoms with Crippen molar-refractivity contribution in [1.82, 2.24) is 0 Å². The fraction of sp³-hybridized carbons (Fsp3) is 0.588. The fourth-order valence-electron chi connectivity index (χ4n) is 2.82. The zero-order chi connectivity index (χ0) is 17.7. The molecular formula is C17H23F3N2O2. The van der Waals surface area contributed by atoms with E-state index in [0.29, 0.717) is 5.69 Å². The van der Waals surface area contributed by atoms with Crippen LogP contribution in [0.5, 0.6) is 0 Å². The predicted molar refractivity (Wildman–Crippen MR) is 87.2 cm³/mol. The maximum atomic E-state index is 12.1. The van der Waals surface area contributed by atoms with Gasteiger partial charge in [0.15, 0.2) is 0 Å². The van der Waals surface area contributed by atoms with Crippen LogP contribution in [0.1, 0.15) is 33.1 Å². The maximum Gasteiger partial charge on any atom is 0.389 e. The van der Waals surface area contributed by atoms with Gasteiger partial charge in [-0.15, -0.1) is 0 Å². The fourth-order valence-corrected chi connectivity index (χ4v) is 2.82. The minimum atomic E-state index is -4.21. The number of amides is 1. The predicted octanol–water partition coefficient (Wildman–Crippen LogP) is 3.97. The summed E-state index contributed by atoms with van der Waals surface area (Å²) < 4.78 is 41.9. The number of morpholine rings is 1. The summed E-state index contributed by atoms with van der Waals surface area (Å²) in [6.45, 7) is 5.65. The molecule has 1 aromatic rings. The van der Waals surface area contributed by atoms with Crippen LogP contribution in [0.2, 0.25) is 0 Å². The SMILES string of the molecule is CC1CN(c2ccc(NC(=O)CCCC(F)(F)F)cc2)CC(C)O1. The minimum absolute atomic E-state index is 0.139. The van der Waals surface area contributed by atoms with Crippen LogP contribution >= 0.6 is 0 Å². The van der Waals surface area contributed by atoms with E-state index in [2.05, 4.69) is 10.2 Å². The van der Waals surface area contributed by atoms with Crippen molar-refractivity contribution in [3.63, 3.8) is 0 Å². The molecule has 1 saturated heterocycles. The Morgan fingerprint density at radius 2 is 1.79 bits per heavy atom. The second-order valence-corrected chi connectivity index (χ2v) is 6.23. The summed E-state index contributed by atoms with van der Waals surface area (Å²) in [6.07, 6.45) is -5.18. The van der Waals surface area contributed by atoms with Crippen molar-refractivity contribution < 1.29 is 22.7 Å². The summed E-state index contributed by atoms with van der Waals surface area (Å²) in [4.78, 5) is 13.9. The molecule has 1 aliphatic heterocycles. The lowest BCUT2D eigenvalue weighted by molar-refractivity contribution is -0.136. The topological polar surface area (TPSA) is 41.6 Å². The summed E-state index contributed by atoms with van der Waals surface area (Å²) in [7, 11) is 0. The van der Waals surface area contributed by atoms with Crippen molar-refractivity contribution in [3.8, 4) is 0 Å². The Morgan fingerprint density at radius 1 is 1.21 bits per heavy atom. The van der Waals surface area contributed by atoms with Crippen LogP contribution in [-0.2, 0) is 9.53 Å². The molecule has 2 atom stereocenters. The Labute approximate surface area is 140 Å². The average molecular weight is 344 g/mol. The van der Waals surface area contributed by atoms with Gasteiger partial charge < -0.3 is 15.0 Å². The second kappa shape index (κ2) is 7.88. The van der Waals surface area contributed by atoms with Gasteiger partial charge >= 0.3 is 6.18 Å². The first-order chi connectivity index (χ1) is 11.2. The van der Waals surface area contributed by atoms with Crippen LogP contribution in [0.4, 0.5) is 24.5 Å². The number of hydrogen-bond donors (Lipinski definition) is 1. The van der Waals surface area contributed by atoms with Crippen molar-refractivity contribution in [2.75, 3.05) is 23.3 Å². The van der Waals surface area contributed by atoms with Crippen LogP contribution in [0.3, 0.4) is 0 Å². The van der Waals surface area contributed by atoms with E-state index < -0.39 is 18.5 Å². The van der Waals surface area contributed by atoms with E-state index in [1.54, 1.807) is 12.1 Å². The molecule has 1 heterocycles. The number of carbonyl (C=O) groups is 1. The largest absolute Gasteiger partial charge is 0.389 e. The Bertz CT molecular complexity index is 536. The molecule has 1 fully saturated rings. The molecule has 2 rings (SSSR count). The molecule has 0 bridgehead atoms. The molecule has 1 amide bonds. The Kier molecular flexibility index (Phi) is 6.10. The molecular weight excluding hydrogens is 321 g/mol. The first kappa shape index (κ1) is 18.6. The monoisotopic (exact) mass is 344 g/mol. The number of nitrogens with zero attached hydrogens (tertiary/aromatic N) is 1. The number of halogens is 3. The van der Waals surface area contributed by atoms with Gasteiger partial charge in [0.2, 0.25) is 5.91 Å². The minimum Gasteiger partial charge on any atom is -0.372 e. The van der Waals surface area contributed by atoms with Crippen LogP contribution in [0, 0.1) is 0 Å². The zero-order valence-electron chi connectivity index (χ0n) is 13.9. The number of ether oxygens (including phenoxy) is 1. The van der Waals surface area contributed by atoms with Crippen LogP contribution in [0.15, 0.2) is 24.3 Å². The van der Waals surface area contributed by atoms with Crippen molar-refractivity contribution in [2.24, 2.45) is 0 Å². The Hall–Kier alpha value is -1.76. The van der Waals surface area contributed by atoms with Crippen LogP contribution in [-0.4, -0.2) is 37.4 Å². The van der Waals surface area contributed by atoms with Gasteiger partial charge in [-0.2, -0.15) is 13.2 Å². The van der Waals surface area contributed by atoms with E-state index >= 15 is 0 Å². The number of carbonyl (C=O) groups excluding carboxylic acids is 1. The number of nitrogens with one attached hydrogen (secondary N) is 1. The van der Waals surface area contributed by atoms with Gasteiger partial charge in [0, 0.05) is 37.3 Å². The van der Waals surface area contributed by atoms with Crippen molar-refractivity contribution >= 4 is 17.3 Å². The highest BCUT2D eigenvalue weighted by molar-refractivity contribution is 5.90. The van der Waals surface area contributed by atoms with E-state index in [4.69, 9.17) is 4.74 Å². The maximum absolute atomic E-state index is 12.1. The highest BCUT2D eigenvalue weighted by Gasteiger charge is 2.26. The number of hydrogen-bond acceptors (Lipinski definition) is 3. The molecule has 2 unspecified atom stereocenters. The Morgan fingerprint density at radius 3 is 2.33 bits per heavy atom. The molecule has 0 saturated carbocycles. The second-order valence-electron chi connectivity index (χ2n) is 6.23. The highest BCUT2D eigenvalue weighted by Crippen LogP contribution is 2.24. The van der Waals surface area contributed by atoms with Gasteiger partial charge in [-0.1, -0.05) is 0 Å². The third-order valence-electron chi connectivity index (χ3n) is 3.80. The lowest BCUT2D eigenvalue weighted by atomic mass is 10.2. The first-order valence-corrected chi connectivity index (χ1v) is 8.10. The van der Waals surface area contributed by atoms with E-state index in [1.165, 1.54) is 0 Å². The molecule has 0 aliphatic carbocycles. The van der Waals surface area contributed by atoms with Gasteiger partial charge in [0.25, 0.3) is 0 Å². The third-order valence-corrected chi connectivity index (χ3v) is 3.80. The molecule has 134 valence electrons. The van der Waals surface area contributed by atoms with E-state index in [1.807, 2.05) is 26.0 Å². The summed E-state index contributed by atoms with van der Waals surface area (Å²) in [5.74, 6) is -0.402. The molecule has 1 aliphatic rings. The number of alkyl halides is 3. The normalized spacial score (nSPS) is 21.6. The van der Waals surface area contributed by atoms with Gasteiger partial charge in [-0.25, -0.2) is 0 Å². The number of benzene rings is 1. The highest BCUT2D eigenvalue weighted by atomic mass is 19.4. The molecule has 0 radical (unpaired) electrons. The Balaban J connectivity index is 1.84. The van der Waals surface area contributed by atoms with Crippen molar-refractivity contribution in [1.29, 1.82) is 0 Å². The van der Waals surface area contributed by atoms with Gasteiger partial charge in [0.05, 0.1) is 12.2 Å². The molecule has 24 heavy (non-hydrogen) atoms. The summed E-state index contributed by atoms with van der Waals surface area (Å²) in [6, 6.07) is 7.33. The summed E-state index contributed by atoms with van der Waals surface area (Å²) >= 11 is 0. The quantitative estimate of drug-likeness (QED) is 0.879. The van der Waals surface area contributed by atoms with Gasteiger partial charge in [-0.3, -0.25) is 4.79 Å². The molecule has 1 aromatic carbocycles. The zero-order valence-corrected chi connectivity index (χ0v) is 13.9. The molecule has 0 spiro atoms. The van der Waals surface area contributed by atoms with Crippen LogP contribution in [0.25, 0.3) is 0 Å². The molecule has 0 aromatic heterocycles. The average Bonchev–Trinajstić information content (AvgIpc) is 2.45. The summed E-state index contributed by atoms with van der Waals surface area (Å²) in [5, 5.41) is 2.63. The van der Waals surface area contributed by atoms with E-state index in [9.17, 15) is 18.0 Å². The lowest BCUT2D eigenvalue weighted by Crippen LogP contribution is -2.45. The lowest BCUT2D eigenvalue weighted by Gasteiger charge is -2.36. The summed E-state index contributed by atoms with van der Waals surface area (Å²) in [5.41, 5.74) is 1.62. The molecule has 7 heteroatoms. The smallest absolute Gasteiger partial charge is 0.372 e. The van der Waals surface area contributed by atoms with Crippen molar-refractivity contribution in [2.45, 2.75) is 51.5 Å². The number of rotatable bonds is 5. The van der Waals surface area contributed by atoms with Gasteiger partial charge in [-0.05, 0) is 44.5 Å². The van der Waals surface area contributed by atoms with Crippen LogP contribution < -0.4 is 10.2 Å². The standard InChI is InChI=1S/C17H23F3N2O2/c1-12-10-22(11-13(2)24-12)15-7-5-14(6-8-15)21-16(23)4-3-9-17(18,19)20/h5-8,12-13H,3-4,9-11H2,1-2H3,(H,21,23). The third kappa shape index (κ3) is 6.03.